The Morgan fingerprint density at radius 1 is 1.25 bits per heavy atom. The Bertz CT molecular complexity index is 600. The van der Waals surface area contributed by atoms with Gasteiger partial charge in [-0.1, -0.05) is 30.3 Å². The maximum absolute atomic E-state index is 12.2. The molecule has 0 aromatic heterocycles. The molecule has 0 aliphatic carbocycles. The second-order valence-electron chi connectivity index (χ2n) is 4.80. The Morgan fingerprint density at radius 3 is 2.50 bits per heavy atom. The number of carbonyl (C=O) groups is 2. The lowest BCUT2D eigenvalue weighted by Gasteiger charge is -2.13. The smallest absolute Gasteiger partial charge is 0.333 e. The van der Waals surface area contributed by atoms with E-state index >= 15 is 0 Å². The van der Waals surface area contributed by atoms with Crippen LogP contribution >= 0.6 is 0 Å². The lowest BCUT2D eigenvalue weighted by atomic mass is 10.0. The molecule has 0 atom stereocenters. The van der Waals surface area contributed by atoms with E-state index in [1.807, 2.05) is 6.07 Å². The molecule has 0 saturated carbocycles. The third kappa shape index (κ3) is 2.77. The van der Waals surface area contributed by atoms with Crippen molar-refractivity contribution in [3.63, 3.8) is 0 Å². The first kappa shape index (κ1) is 14.0. The summed E-state index contributed by atoms with van der Waals surface area (Å²) in [6, 6.07) is 8.71. The standard InChI is InChI=1S/C15H15NO4/c1-15(2)11(9-12(17)19-3)20-14(16-15)13(18)10-7-5-4-6-8-10/h4-9H,1-3H3/b11-9+. The Hall–Kier alpha value is -2.43. The van der Waals surface area contributed by atoms with Gasteiger partial charge in [-0.15, -0.1) is 0 Å². The molecule has 1 aromatic rings. The Morgan fingerprint density at radius 2 is 1.90 bits per heavy atom. The molecule has 1 aliphatic heterocycles. The molecule has 104 valence electrons. The van der Waals surface area contributed by atoms with Crippen LogP contribution in [0, 0.1) is 0 Å². The highest BCUT2D eigenvalue weighted by Gasteiger charge is 2.36. The molecule has 0 fully saturated rings. The van der Waals surface area contributed by atoms with Crippen molar-refractivity contribution in [3.05, 3.63) is 47.7 Å². The van der Waals surface area contributed by atoms with E-state index in [9.17, 15) is 9.59 Å². The normalized spacial score (nSPS) is 18.4. The van der Waals surface area contributed by atoms with Gasteiger partial charge in [-0.2, -0.15) is 0 Å². The predicted molar refractivity (Wildman–Crippen MR) is 73.5 cm³/mol. The molecule has 20 heavy (non-hydrogen) atoms. The van der Waals surface area contributed by atoms with Crippen LogP contribution in [0.1, 0.15) is 24.2 Å². The van der Waals surface area contributed by atoms with Crippen molar-refractivity contribution in [1.29, 1.82) is 0 Å². The van der Waals surface area contributed by atoms with Crippen LogP contribution in [0.2, 0.25) is 0 Å². The monoisotopic (exact) mass is 273 g/mol. The maximum atomic E-state index is 12.2. The summed E-state index contributed by atoms with van der Waals surface area (Å²) >= 11 is 0. The average Bonchev–Trinajstić information content (AvgIpc) is 2.74. The molecular formula is C15H15NO4. The summed E-state index contributed by atoms with van der Waals surface area (Å²) in [6.45, 7) is 3.51. The molecule has 0 unspecified atom stereocenters. The zero-order valence-corrected chi connectivity index (χ0v) is 11.5. The highest BCUT2D eigenvalue weighted by atomic mass is 16.5. The number of ether oxygens (including phenoxy) is 2. The number of benzene rings is 1. The van der Waals surface area contributed by atoms with Crippen molar-refractivity contribution in [3.8, 4) is 0 Å². The first-order valence-corrected chi connectivity index (χ1v) is 6.11. The minimum absolute atomic E-state index is 0.0173. The summed E-state index contributed by atoms with van der Waals surface area (Å²) in [4.78, 5) is 27.8. The van der Waals surface area contributed by atoms with Gasteiger partial charge in [0.1, 0.15) is 11.3 Å². The zero-order valence-electron chi connectivity index (χ0n) is 11.5. The van der Waals surface area contributed by atoms with Gasteiger partial charge in [-0.05, 0) is 13.8 Å². The second kappa shape index (κ2) is 5.28. The molecule has 1 heterocycles. The quantitative estimate of drug-likeness (QED) is 0.481. The predicted octanol–water partition coefficient (Wildman–Crippen LogP) is 2.13. The minimum atomic E-state index is -0.770. The van der Waals surface area contributed by atoms with Crippen LogP contribution in [-0.2, 0) is 14.3 Å². The van der Waals surface area contributed by atoms with Crippen LogP contribution < -0.4 is 0 Å². The highest BCUT2D eigenvalue weighted by Crippen LogP contribution is 2.29. The molecule has 1 aliphatic rings. The summed E-state index contributed by atoms with van der Waals surface area (Å²) in [5.41, 5.74) is -0.282. The Labute approximate surface area is 116 Å². The molecule has 0 amide bonds. The number of hydrogen-bond donors (Lipinski definition) is 0. The number of ketones is 1. The van der Waals surface area contributed by atoms with Gasteiger partial charge in [0, 0.05) is 5.56 Å². The third-order valence-electron chi connectivity index (χ3n) is 2.87. The number of rotatable bonds is 3. The fraction of sp³-hybridized carbons (Fsp3) is 0.267. The molecule has 0 saturated heterocycles. The summed E-state index contributed by atoms with van der Waals surface area (Å²) in [5, 5.41) is 0. The molecule has 0 radical (unpaired) electrons. The topological polar surface area (TPSA) is 65.0 Å². The largest absolute Gasteiger partial charge is 0.466 e. The zero-order chi connectivity index (χ0) is 14.8. The average molecular weight is 273 g/mol. The highest BCUT2D eigenvalue weighted by molar-refractivity contribution is 6.43. The summed E-state index contributed by atoms with van der Waals surface area (Å²) in [5.74, 6) is -0.580. The van der Waals surface area contributed by atoms with Gasteiger partial charge in [0.15, 0.2) is 0 Å². The summed E-state index contributed by atoms with van der Waals surface area (Å²) < 4.78 is 9.98. The minimum Gasteiger partial charge on any atom is -0.466 e. The number of esters is 1. The van der Waals surface area contributed by atoms with Gasteiger partial charge >= 0.3 is 5.97 Å². The van der Waals surface area contributed by atoms with Crippen molar-refractivity contribution in [2.45, 2.75) is 19.4 Å². The van der Waals surface area contributed by atoms with E-state index in [4.69, 9.17) is 4.74 Å². The van der Waals surface area contributed by atoms with Gasteiger partial charge in [0.05, 0.1) is 13.2 Å². The number of carbonyl (C=O) groups excluding carboxylic acids is 2. The summed E-state index contributed by atoms with van der Waals surface area (Å²) in [7, 11) is 1.28. The van der Waals surface area contributed by atoms with Crippen molar-refractivity contribution in [1.82, 2.24) is 0 Å². The lowest BCUT2D eigenvalue weighted by molar-refractivity contribution is -0.135. The van der Waals surface area contributed by atoms with E-state index in [0.29, 0.717) is 11.3 Å². The van der Waals surface area contributed by atoms with Crippen LogP contribution in [0.25, 0.3) is 0 Å². The second-order valence-corrected chi connectivity index (χ2v) is 4.80. The van der Waals surface area contributed by atoms with Crippen molar-refractivity contribution < 1.29 is 19.1 Å². The van der Waals surface area contributed by atoms with Crippen molar-refractivity contribution in [2.75, 3.05) is 7.11 Å². The van der Waals surface area contributed by atoms with E-state index < -0.39 is 11.5 Å². The van der Waals surface area contributed by atoms with Crippen LogP contribution in [0.5, 0.6) is 0 Å². The number of hydrogen-bond acceptors (Lipinski definition) is 5. The van der Waals surface area contributed by atoms with Gasteiger partial charge in [-0.3, -0.25) is 4.79 Å². The van der Waals surface area contributed by atoms with E-state index in [1.165, 1.54) is 13.2 Å². The molecule has 2 rings (SSSR count). The van der Waals surface area contributed by atoms with Crippen LogP contribution in [0.15, 0.2) is 47.2 Å². The van der Waals surface area contributed by atoms with Gasteiger partial charge in [0.25, 0.3) is 5.90 Å². The molecule has 5 nitrogen and oxygen atoms in total. The van der Waals surface area contributed by atoms with Gasteiger partial charge in [-0.25, -0.2) is 9.79 Å². The number of aliphatic imine (C=N–C) groups is 1. The van der Waals surface area contributed by atoms with Crippen LogP contribution in [-0.4, -0.2) is 30.3 Å². The van der Waals surface area contributed by atoms with E-state index in [-0.39, 0.29) is 11.7 Å². The Kier molecular flexibility index (Phi) is 3.70. The van der Waals surface area contributed by atoms with E-state index in [0.717, 1.165) is 0 Å². The molecule has 0 bridgehead atoms. The van der Waals surface area contributed by atoms with E-state index in [2.05, 4.69) is 9.73 Å². The molecule has 1 aromatic carbocycles. The summed E-state index contributed by atoms with van der Waals surface area (Å²) in [6.07, 6.45) is 1.20. The first-order chi connectivity index (χ1) is 9.44. The molecular weight excluding hydrogens is 258 g/mol. The fourth-order valence-electron chi connectivity index (χ4n) is 1.74. The van der Waals surface area contributed by atoms with E-state index in [1.54, 1.807) is 38.1 Å². The third-order valence-corrected chi connectivity index (χ3v) is 2.87. The van der Waals surface area contributed by atoms with Crippen molar-refractivity contribution in [2.24, 2.45) is 4.99 Å². The van der Waals surface area contributed by atoms with Gasteiger partial charge < -0.3 is 9.47 Å². The number of Topliss-reactive ketones (excluding diaryl/α,β-unsaturated/α-hetero) is 1. The Balaban J connectivity index is 2.27. The number of nitrogens with zero attached hydrogens (tertiary/aromatic N) is 1. The van der Waals surface area contributed by atoms with Crippen LogP contribution in [0.4, 0.5) is 0 Å². The fourth-order valence-corrected chi connectivity index (χ4v) is 1.74. The maximum Gasteiger partial charge on any atom is 0.333 e. The van der Waals surface area contributed by atoms with Crippen molar-refractivity contribution >= 4 is 17.7 Å². The molecule has 5 heteroatoms. The first-order valence-electron chi connectivity index (χ1n) is 6.11. The molecule has 0 spiro atoms. The number of methoxy groups -OCH3 is 1. The van der Waals surface area contributed by atoms with Gasteiger partial charge in [0.2, 0.25) is 5.78 Å². The van der Waals surface area contributed by atoms with Crippen LogP contribution in [0.3, 0.4) is 0 Å². The SMILES string of the molecule is COC(=O)/C=C1/OC(C(=O)c2ccccc2)=NC1(C)C. The molecule has 0 N–H and O–H groups in total. The lowest BCUT2D eigenvalue weighted by Crippen LogP contribution is -2.17.